The summed E-state index contributed by atoms with van der Waals surface area (Å²) in [7, 11) is 4.31. The number of urea groups is 1. The second-order valence-electron chi connectivity index (χ2n) is 12.3. The van der Waals surface area contributed by atoms with Crippen LogP contribution in [0.3, 0.4) is 0 Å². The lowest BCUT2D eigenvalue weighted by atomic mass is 10.1. The minimum atomic E-state index is -0.868. The molecule has 15 heteroatoms. The van der Waals surface area contributed by atoms with Gasteiger partial charge in [-0.05, 0) is 61.9 Å². The molecule has 14 nitrogen and oxygen atoms in total. The Morgan fingerprint density at radius 1 is 0.922 bits per heavy atom. The lowest BCUT2D eigenvalue weighted by molar-refractivity contribution is -0.135. The molecule has 4 amide bonds. The molecule has 1 aromatic heterocycles. The first-order valence-corrected chi connectivity index (χ1v) is 16.6. The van der Waals surface area contributed by atoms with Crippen molar-refractivity contribution >= 4 is 40.3 Å². The molecular weight excluding hydrogens is 661 g/mol. The summed E-state index contributed by atoms with van der Waals surface area (Å²) in [5.41, 5.74) is 0.846. The predicted octanol–water partition coefficient (Wildman–Crippen LogP) is 4.22. The molecule has 0 aliphatic carbocycles. The summed E-state index contributed by atoms with van der Waals surface area (Å²) >= 11 is 0. The number of fused-ring (bicyclic) bond motifs is 1. The maximum absolute atomic E-state index is 14.3. The van der Waals surface area contributed by atoms with Gasteiger partial charge in [0.25, 0.3) is 5.56 Å². The standard InChI is InChI=1S/C36H40FN7O7/c1-23(43(30-14-13-27(49-2)21-31(30)50-3)35(47)38-26-11-9-25(37)10-12-26)32-39-29-8-6-5-7-28(29)34(46)44(32)42-19-17-40(18-20-42)33(45)24-15-16-41(22-24)36(48)51-4/h5-14,21,23-24H,15-20,22H2,1-4H3,(H,38,47). The van der Waals surface area contributed by atoms with Crippen molar-refractivity contribution in [1.29, 1.82) is 0 Å². The fourth-order valence-electron chi connectivity index (χ4n) is 6.63. The van der Waals surface area contributed by atoms with Crippen LogP contribution in [0.15, 0.2) is 71.5 Å². The molecule has 3 aromatic carbocycles. The van der Waals surface area contributed by atoms with Gasteiger partial charge in [-0.1, -0.05) is 12.1 Å². The van der Waals surface area contributed by atoms with Crippen LogP contribution < -0.4 is 30.3 Å². The molecule has 2 atom stereocenters. The number of halogens is 1. The highest BCUT2D eigenvalue weighted by Gasteiger charge is 2.37. The molecule has 6 rings (SSSR count). The van der Waals surface area contributed by atoms with Crippen LogP contribution in [0.2, 0.25) is 0 Å². The van der Waals surface area contributed by atoms with Gasteiger partial charge in [-0.3, -0.25) is 14.5 Å². The predicted molar refractivity (Wildman–Crippen MR) is 188 cm³/mol. The van der Waals surface area contributed by atoms with E-state index in [1.165, 1.54) is 60.1 Å². The number of para-hydroxylation sites is 1. The zero-order valence-electron chi connectivity index (χ0n) is 28.9. The lowest BCUT2D eigenvalue weighted by Gasteiger charge is -2.39. The number of hydrogen-bond acceptors (Lipinski definition) is 9. The topological polar surface area (TPSA) is 139 Å². The maximum atomic E-state index is 14.3. The molecule has 2 saturated heterocycles. The largest absolute Gasteiger partial charge is 0.497 e. The smallest absolute Gasteiger partial charge is 0.409 e. The van der Waals surface area contributed by atoms with Gasteiger partial charge in [-0.2, -0.15) is 0 Å². The molecule has 2 fully saturated rings. The number of anilines is 2. The first-order chi connectivity index (χ1) is 24.6. The molecule has 2 aliphatic heterocycles. The number of aromatic nitrogens is 2. The van der Waals surface area contributed by atoms with Gasteiger partial charge in [0.05, 0.1) is 63.0 Å². The van der Waals surface area contributed by atoms with Gasteiger partial charge in [0, 0.05) is 37.9 Å². The molecule has 4 aromatic rings. The Bertz CT molecular complexity index is 1980. The minimum Gasteiger partial charge on any atom is -0.497 e. The van der Waals surface area contributed by atoms with Gasteiger partial charge in [0.15, 0.2) is 5.82 Å². The van der Waals surface area contributed by atoms with E-state index in [2.05, 4.69) is 5.32 Å². The summed E-state index contributed by atoms with van der Waals surface area (Å²) in [5.74, 6) is 0.279. The van der Waals surface area contributed by atoms with E-state index in [0.717, 1.165) is 0 Å². The Hall–Kier alpha value is -5.86. The quantitative estimate of drug-likeness (QED) is 0.286. The number of methoxy groups -OCH3 is 3. The zero-order valence-corrected chi connectivity index (χ0v) is 28.9. The number of likely N-dealkylation sites (tertiary alicyclic amines) is 1. The highest BCUT2D eigenvalue weighted by Crippen LogP contribution is 2.37. The van der Waals surface area contributed by atoms with E-state index in [0.29, 0.717) is 79.5 Å². The number of nitrogens with zero attached hydrogens (tertiary/aromatic N) is 6. The normalized spacial score (nSPS) is 16.5. The summed E-state index contributed by atoms with van der Waals surface area (Å²) in [6, 6.07) is 15.9. The average molecular weight is 702 g/mol. The van der Waals surface area contributed by atoms with Gasteiger partial charge in [0.1, 0.15) is 17.3 Å². The van der Waals surface area contributed by atoms with Crippen LogP contribution in [0.1, 0.15) is 25.2 Å². The summed E-state index contributed by atoms with van der Waals surface area (Å²) in [6.45, 7) is 3.80. The lowest BCUT2D eigenvalue weighted by Crippen LogP contribution is -2.57. The fraction of sp³-hybridized carbons (Fsp3) is 0.361. The number of rotatable bonds is 8. The van der Waals surface area contributed by atoms with E-state index in [9.17, 15) is 23.6 Å². The number of hydrogen-bond donors (Lipinski definition) is 1. The third-order valence-electron chi connectivity index (χ3n) is 9.32. The van der Waals surface area contributed by atoms with Crippen LogP contribution in [0, 0.1) is 11.7 Å². The highest BCUT2D eigenvalue weighted by molar-refractivity contribution is 6.03. The second-order valence-corrected chi connectivity index (χ2v) is 12.3. The first-order valence-electron chi connectivity index (χ1n) is 16.6. The Labute approximate surface area is 293 Å². The molecule has 0 bridgehead atoms. The highest BCUT2D eigenvalue weighted by atomic mass is 19.1. The van der Waals surface area contributed by atoms with Crippen molar-refractivity contribution in [3.8, 4) is 11.5 Å². The molecule has 0 saturated carbocycles. The van der Waals surface area contributed by atoms with Gasteiger partial charge in [-0.15, -0.1) is 0 Å². The molecule has 2 aliphatic rings. The average Bonchev–Trinajstić information content (AvgIpc) is 3.66. The SMILES string of the molecule is COC(=O)N1CCC(C(=O)N2CCN(n3c(C(C)N(C(=O)Nc4ccc(F)cc4)c4ccc(OC)cc4OC)nc4ccccc4c3=O)CC2)C1. The number of ether oxygens (including phenoxy) is 3. The zero-order chi connectivity index (χ0) is 36.2. The summed E-state index contributed by atoms with van der Waals surface area (Å²) in [4.78, 5) is 63.7. The minimum absolute atomic E-state index is 0.0473. The van der Waals surface area contributed by atoms with E-state index in [-0.39, 0.29) is 23.2 Å². The summed E-state index contributed by atoms with van der Waals surface area (Å²) < 4.78 is 31.1. The van der Waals surface area contributed by atoms with E-state index in [1.807, 2.05) is 5.01 Å². The van der Waals surface area contributed by atoms with Crippen molar-refractivity contribution < 1.29 is 33.0 Å². The Kier molecular flexibility index (Phi) is 10.3. The molecule has 268 valence electrons. The van der Waals surface area contributed by atoms with Crippen LogP contribution in [0.4, 0.5) is 25.4 Å². The summed E-state index contributed by atoms with van der Waals surface area (Å²) in [5, 5.41) is 5.07. The van der Waals surface area contributed by atoms with Crippen LogP contribution >= 0.6 is 0 Å². The van der Waals surface area contributed by atoms with Crippen molar-refractivity contribution in [2.45, 2.75) is 19.4 Å². The number of carbonyl (C=O) groups excluding carboxylic acids is 3. The van der Waals surface area contributed by atoms with E-state index in [4.69, 9.17) is 19.2 Å². The molecule has 51 heavy (non-hydrogen) atoms. The fourth-order valence-corrected chi connectivity index (χ4v) is 6.63. The monoisotopic (exact) mass is 701 g/mol. The Morgan fingerprint density at radius 2 is 1.65 bits per heavy atom. The van der Waals surface area contributed by atoms with Gasteiger partial charge in [0.2, 0.25) is 5.91 Å². The first kappa shape index (κ1) is 35.0. The molecule has 0 spiro atoms. The van der Waals surface area contributed by atoms with Crippen molar-refractivity contribution in [3.63, 3.8) is 0 Å². The van der Waals surface area contributed by atoms with Crippen molar-refractivity contribution in [2.24, 2.45) is 5.92 Å². The van der Waals surface area contributed by atoms with Gasteiger partial charge >= 0.3 is 12.1 Å². The summed E-state index contributed by atoms with van der Waals surface area (Å²) in [6.07, 6.45) is 0.0988. The number of carbonyl (C=O) groups is 3. The van der Waals surface area contributed by atoms with Gasteiger partial charge in [-0.25, -0.2) is 23.6 Å². The Balaban J connectivity index is 1.36. The molecule has 2 unspecified atom stereocenters. The van der Waals surface area contributed by atoms with E-state index >= 15 is 0 Å². The third-order valence-corrected chi connectivity index (χ3v) is 9.32. The number of benzene rings is 3. The van der Waals surface area contributed by atoms with Crippen LogP contribution in [-0.4, -0.2) is 98.1 Å². The number of piperazine rings is 1. The molecule has 0 radical (unpaired) electrons. The molecule has 3 heterocycles. The van der Waals surface area contributed by atoms with Gasteiger partial charge < -0.3 is 34.3 Å². The van der Waals surface area contributed by atoms with Crippen molar-refractivity contribution in [2.75, 3.05) is 75.8 Å². The number of amides is 4. The Morgan fingerprint density at radius 3 is 2.33 bits per heavy atom. The van der Waals surface area contributed by atoms with Crippen LogP contribution in [0.5, 0.6) is 11.5 Å². The van der Waals surface area contributed by atoms with Crippen LogP contribution in [-0.2, 0) is 9.53 Å². The van der Waals surface area contributed by atoms with Crippen molar-refractivity contribution in [3.05, 3.63) is 88.7 Å². The van der Waals surface area contributed by atoms with Crippen molar-refractivity contribution in [1.82, 2.24) is 19.5 Å². The van der Waals surface area contributed by atoms with E-state index < -0.39 is 24.0 Å². The number of nitrogens with one attached hydrogen (secondary N) is 1. The second kappa shape index (κ2) is 14.9. The van der Waals surface area contributed by atoms with E-state index in [1.54, 1.807) is 54.3 Å². The third kappa shape index (κ3) is 7.09. The maximum Gasteiger partial charge on any atom is 0.409 e. The van der Waals surface area contributed by atoms with Crippen LogP contribution in [0.25, 0.3) is 10.9 Å². The molecule has 1 N–H and O–H groups in total. The molecular formula is C36H40FN7O7.